The quantitative estimate of drug-likeness (QED) is 0.609. The molecule has 2 aromatic heterocycles. The topological polar surface area (TPSA) is 25.8 Å². The first-order valence-electron chi connectivity index (χ1n) is 5.22. The van der Waals surface area contributed by atoms with Crippen molar-refractivity contribution in [2.24, 2.45) is 0 Å². The van der Waals surface area contributed by atoms with Gasteiger partial charge in [0, 0.05) is 5.39 Å². The molecule has 0 bridgehead atoms. The Bertz CT molecular complexity index is 677. The smallest absolute Gasteiger partial charge is 0.171 e. The van der Waals surface area contributed by atoms with Crippen LogP contribution in [-0.4, -0.2) is 9.97 Å². The molecular formula is C13H9ClN2S. The van der Waals surface area contributed by atoms with Gasteiger partial charge in [-0.05, 0) is 30.0 Å². The number of hydrogen-bond acceptors (Lipinski definition) is 3. The fourth-order valence-corrected chi connectivity index (χ4v) is 2.66. The first-order valence-corrected chi connectivity index (χ1v) is 6.48. The summed E-state index contributed by atoms with van der Waals surface area (Å²) >= 11 is 7.82. The van der Waals surface area contributed by atoms with E-state index in [1.54, 1.807) is 11.3 Å². The number of aryl methyl sites for hydroxylation is 1. The minimum atomic E-state index is 0.516. The Morgan fingerprint density at radius 2 is 2.00 bits per heavy atom. The first kappa shape index (κ1) is 10.7. The van der Waals surface area contributed by atoms with E-state index in [0.29, 0.717) is 11.0 Å². The summed E-state index contributed by atoms with van der Waals surface area (Å²) in [7, 11) is 0. The zero-order valence-corrected chi connectivity index (χ0v) is 10.7. The van der Waals surface area contributed by atoms with Gasteiger partial charge in [0.2, 0.25) is 0 Å². The summed E-state index contributed by atoms with van der Waals surface area (Å²) in [5.74, 6) is 0.701. The van der Waals surface area contributed by atoms with Crippen LogP contribution in [-0.2, 0) is 0 Å². The number of rotatable bonds is 1. The Kier molecular flexibility index (Phi) is 2.57. The number of nitrogens with zero attached hydrogens (tertiary/aromatic N) is 2. The highest BCUT2D eigenvalue weighted by Gasteiger charge is 2.09. The number of fused-ring (bicyclic) bond motifs is 1. The van der Waals surface area contributed by atoms with Gasteiger partial charge in [-0.1, -0.05) is 29.8 Å². The predicted molar refractivity (Wildman–Crippen MR) is 72.6 cm³/mol. The van der Waals surface area contributed by atoms with E-state index in [2.05, 4.69) is 9.97 Å². The molecule has 0 aliphatic heterocycles. The Morgan fingerprint density at radius 3 is 2.76 bits per heavy atom. The van der Waals surface area contributed by atoms with Crippen LogP contribution in [0.5, 0.6) is 0 Å². The number of aromatic nitrogens is 2. The highest BCUT2D eigenvalue weighted by Crippen LogP contribution is 2.28. The van der Waals surface area contributed by atoms with E-state index in [0.717, 1.165) is 21.3 Å². The minimum Gasteiger partial charge on any atom is -0.227 e. The number of para-hydroxylation sites is 1. The highest BCUT2D eigenvalue weighted by atomic mass is 35.5. The number of halogens is 1. The van der Waals surface area contributed by atoms with E-state index in [9.17, 15) is 0 Å². The van der Waals surface area contributed by atoms with Gasteiger partial charge in [-0.25, -0.2) is 9.97 Å². The summed E-state index contributed by atoms with van der Waals surface area (Å²) in [5.41, 5.74) is 2.04. The summed E-state index contributed by atoms with van der Waals surface area (Å²) in [6.07, 6.45) is 0. The molecule has 0 N–H and O–H groups in total. The van der Waals surface area contributed by atoms with Crippen molar-refractivity contribution in [1.82, 2.24) is 9.97 Å². The number of hydrogen-bond donors (Lipinski definition) is 0. The maximum atomic E-state index is 6.20. The molecule has 0 fully saturated rings. The zero-order valence-electron chi connectivity index (χ0n) is 9.14. The molecule has 0 amide bonds. The van der Waals surface area contributed by atoms with E-state index in [4.69, 9.17) is 11.6 Å². The lowest BCUT2D eigenvalue weighted by molar-refractivity contribution is 1.23. The molecule has 0 saturated heterocycles. The summed E-state index contributed by atoms with van der Waals surface area (Å²) < 4.78 is 0. The van der Waals surface area contributed by atoms with E-state index in [1.807, 2.05) is 42.6 Å². The summed E-state index contributed by atoms with van der Waals surface area (Å²) in [6.45, 7) is 2.03. The standard InChI is InChI=1S/C13H9ClN2S/c1-8-4-2-5-9-11(8)15-13(16-12(9)14)10-6-3-7-17-10/h2-7H,1H3. The summed E-state index contributed by atoms with van der Waals surface area (Å²) in [4.78, 5) is 9.98. The lowest BCUT2D eigenvalue weighted by Gasteiger charge is -2.04. The first-order chi connectivity index (χ1) is 8.25. The van der Waals surface area contributed by atoms with Gasteiger partial charge < -0.3 is 0 Å². The van der Waals surface area contributed by atoms with E-state index >= 15 is 0 Å². The molecule has 0 aliphatic carbocycles. The van der Waals surface area contributed by atoms with Gasteiger partial charge in [-0.2, -0.15) is 0 Å². The molecule has 17 heavy (non-hydrogen) atoms. The summed E-state index contributed by atoms with van der Waals surface area (Å²) in [6, 6.07) is 9.93. The lowest BCUT2D eigenvalue weighted by Crippen LogP contribution is -1.92. The van der Waals surface area contributed by atoms with Crippen LogP contribution >= 0.6 is 22.9 Å². The van der Waals surface area contributed by atoms with Crippen molar-refractivity contribution in [1.29, 1.82) is 0 Å². The van der Waals surface area contributed by atoms with Crippen LogP contribution in [0.3, 0.4) is 0 Å². The fourth-order valence-electron chi connectivity index (χ4n) is 1.77. The van der Waals surface area contributed by atoms with Gasteiger partial charge in [0.15, 0.2) is 5.82 Å². The Hall–Kier alpha value is -1.45. The molecule has 84 valence electrons. The van der Waals surface area contributed by atoms with Crippen LogP contribution in [0.25, 0.3) is 21.6 Å². The molecule has 0 saturated carbocycles. The third-order valence-corrected chi connectivity index (χ3v) is 3.78. The molecule has 0 atom stereocenters. The average molecular weight is 261 g/mol. The molecule has 0 spiro atoms. The van der Waals surface area contributed by atoms with Crippen LogP contribution in [0, 0.1) is 6.92 Å². The summed E-state index contributed by atoms with van der Waals surface area (Å²) in [5, 5.41) is 3.43. The van der Waals surface area contributed by atoms with Crippen LogP contribution < -0.4 is 0 Å². The third kappa shape index (κ3) is 1.81. The monoisotopic (exact) mass is 260 g/mol. The van der Waals surface area contributed by atoms with Gasteiger partial charge in [0.25, 0.3) is 0 Å². The molecule has 3 aromatic rings. The second-order valence-corrected chi connectivity index (χ2v) is 5.09. The normalized spacial score (nSPS) is 10.9. The van der Waals surface area contributed by atoms with Gasteiger partial charge >= 0.3 is 0 Å². The molecule has 2 heterocycles. The fraction of sp³-hybridized carbons (Fsp3) is 0.0769. The number of benzene rings is 1. The molecular weight excluding hydrogens is 252 g/mol. The third-order valence-electron chi connectivity index (χ3n) is 2.62. The zero-order chi connectivity index (χ0) is 11.8. The van der Waals surface area contributed by atoms with Crippen molar-refractivity contribution in [2.75, 3.05) is 0 Å². The van der Waals surface area contributed by atoms with Crippen molar-refractivity contribution in [3.05, 3.63) is 46.4 Å². The van der Waals surface area contributed by atoms with Crippen LogP contribution in [0.4, 0.5) is 0 Å². The van der Waals surface area contributed by atoms with Crippen molar-refractivity contribution < 1.29 is 0 Å². The van der Waals surface area contributed by atoms with Crippen molar-refractivity contribution in [3.8, 4) is 10.7 Å². The van der Waals surface area contributed by atoms with Crippen LogP contribution in [0.15, 0.2) is 35.7 Å². The van der Waals surface area contributed by atoms with Crippen molar-refractivity contribution >= 4 is 33.8 Å². The van der Waals surface area contributed by atoms with E-state index < -0.39 is 0 Å². The predicted octanol–water partition coefficient (Wildman–Crippen LogP) is 4.32. The van der Waals surface area contributed by atoms with Crippen molar-refractivity contribution in [2.45, 2.75) is 6.92 Å². The maximum absolute atomic E-state index is 6.20. The molecule has 0 unspecified atom stereocenters. The average Bonchev–Trinajstić information content (AvgIpc) is 2.84. The van der Waals surface area contributed by atoms with Crippen LogP contribution in [0.1, 0.15) is 5.56 Å². The van der Waals surface area contributed by atoms with Crippen LogP contribution in [0.2, 0.25) is 5.15 Å². The lowest BCUT2D eigenvalue weighted by atomic mass is 10.1. The Morgan fingerprint density at radius 1 is 1.12 bits per heavy atom. The molecule has 0 aliphatic rings. The minimum absolute atomic E-state index is 0.516. The highest BCUT2D eigenvalue weighted by molar-refractivity contribution is 7.13. The van der Waals surface area contributed by atoms with E-state index in [1.165, 1.54) is 0 Å². The second kappa shape index (κ2) is 4.09. The largest absolute Gasteiger partial charge is 0.227 e. The molecule has 2 nitrogen and oxygen atoms in total. The number of thiophene rings is 1. The SMILES string of the molecule is Cc1cccc2c(Cl)nc(-c3cccs3)nc12. The maximum Gasteiger partial charge on any atom is 0.171 e. The molecule has 1 aromatic carbocycles. The molecule has 0 radical (unpaired) electrons. The van der Waals surface area contributed by atoms with Gasteiger partial charge in [0.05, 0.1) is 10.4 Å². The van der Waals surface area contributed by atoms with E-state index in [-0.39, 0.29) is 0 Å². The van der Waals surface area contributed by atoms with Gasteiger partial charge in [0.1, 0.15) is 5.15 Å². The molecule has 4 heteroatoms. The van der Waals surface area contributed by atoms with Crippen molar-refractivity contribution in [3.63, 3.8) is 0 Å². The molecule has 3 rings (SSSR count). The Labute approximate surface area is 108 Å². The van der Waals surface area contributed by atoms with Gasteiger partial charge in [-0.3, -0.25) is 0 Å². The Balaban J connectivity index is 2.34. The van der Waals surface area contributed by atoms with Gasteiger partial charge in [-0.15, -0.1) is 11.3 Å². The second-order valence-electron chi connectivity index (χ2n) is 3.79.